The van der Waals surface area contributed by atoms with Gasteiger partial charge >= 0.3 is 0 Å². The van der Waals surface area contributed by atoms with Crippen molar-refractivity contribution in [3.8, 4) is 6.07 Å². The van der Waals surface area contributed by atoms with Crippen LogP contribution in [0.15, 0.2) is 48.5 Å². The van der Waals surface area contributed by atoms with Crippen LogP contribution < -0.4 is 10.6 Å². The van der Waals surface area contributed by atoms with Crippen molar-refractivity contribution in [1.29, 1.82) is 5.26 Å². The highest BCUT2D eigenvalue weighted by atomic mass is 32.1. The van der Waals surface area contributed by atoms with Crippen molar-refractivity contribution >= 4 is 40.3 Å². The van der Waals surface area contributed by atoms with Crippen molar-refractivity contribution in [3.63, 3.8) is 0 Å². The number of Topliss-reactive ketones (excluding diaryl/α,β-unsaturated/α-hetero) is 1. The topological polar surface area (TPSA) is 82.0 Å². The third-order valence-electron chi connectivity index (χ3n) is 3.05. The zero-order valence-corrected chi connectivity index (χ0v) is 13.1. The Labute approximate surface area is 138 Å². The van der Waals surface area contributed by atoms with Gasteiger partial charge in [0.1, 0.15) is 6.07 Å². The number of nitriles is 1. The Bertz CT molecular complexity index is 807. The summed E-state index contributed by atoms with van der Waals surface area (Å²) in [4.78, 5) is 23.3. The fourth-order valence-electron chi connectivity index (χ4n) is 1.84. The first-order chi connectivity index (χ1) is 11.0. The summed E-state index contributed by atoms with van der Waals surface area (Å²) in [5.41, 5.74) is 1.93. The average molecular weight is 323 g/mol. The summed E-state index contributed by atoms with van der Waals surface area (Å²) < 4.78 is 0. The first-order valence-electron chi connectivity index (χ1n) is 6.73. The van der Waals surface area contributed by atoms with Gasteiger partial charge in [0.2, 0.25) is 0 Å². The molecule has 0 aliphatic carbocycles. The lowest BCUT2D eigenvalue weighted by Gasteiger charge is -2.10. The molecule has 0 spiro atoms. The minimum Gasteiger partial charge on any atom is -0.342 e. The maximum absolute atomic E-state index is 12.1. The molecular weight excluding hydrogens is 310 g/mol. The molecule has 2 aromatic rings. The number of rotatable bonds is 3. The fraction of sp³-hybridized carbons (Fsp3) is 0.0588. The van der Waals surface area contributed by atoms with Gasteiger partial charge in [-0.2, -0.15) is 5.26 Å². The Balaban J connectivity index is 2.04. The van der Waals surface area contributed by atoms with Gasteiger partial charge in [0.25, 0.3) is 5.91 Å². The zero-order chi connectivity index (χ0) is 16.8. The highest BCUT2D eigenvalue weighted by Gasteiger charge is 2.12. The number of hydrogen-bond acceptors (Lipinski definition) is 4. The number of carbonyl (C=O) groups excluding carboxylic acids is 2. The number of carbonyl (C=O) groups is 2. The average Bonchev–Trinajstić information content (AvgIpc) is 2.55. The van der Waals surface area contributed by atoms with E-state index in [1.165, 1.54) is 6.92 Å². The Kier molecular flexibility index (Phi) is 5.18. The van der Waals surface area contributed by atoms with E-state index in [0.29, 0.717) is 22.5 Å². The Morgan fingerprint density at radius 3 is 2.30 bits per heavy atom. The number of benzene rings is 2. The summed E-state index contributed by atoms with van der Waals surface area (Å²) in [7, 11) is 0. The van der Waals surface area contributed by atoms with Crippen LogP contribution in [0.4, 0.5) is 11.4 Å². The van der Waals surface area contributed by atoms with Crippen LogP contribution >= 0.6 is 12.2 Å². The molecule has 0 radical (unpaired) electrons. The van der Waals surface area contributed by atoms with Crippen LogP contribution in [0.5, 0.6) is 0 Å². The Morgan fingerprint density at radius 1 is 1.04 bits per heavy atom. The van der Waals surface area contributed by atoms with Crippen LogP contribution in [-0.2, 0) is 4.79 Å². The molecule has 0 atom stereocenters. The normalized spacial score (nSPS) is 9.57. The second-order valence-corrected chi connectivity index (χ2v) is 5.11. The molecule has 0 unspecified atom stereocenters. The number of hydrogen-bond donors (Lipinski definition) is 2. The molecule has 2 aromatic carbocycles. The lowest BCUT2D eigenvalue weighted by molar-refractivity contribution is -0.110. The van der Waals surface area contributed by atoms with Crippen LogP contribution in [0, 0.1) is 11.3 Å². The van der Waals surface area contributed by atoms with E-state index >= 15 is 0 Å². The molecular formula is C17H13N3O2S. The van der Waals surface area contributed by atoms with Crippen molar-refractivity contribution in [2.24, 2.45) is 0 Å². The van der Waals surface area contributed by atoms with E-state index in [9.17, 15) is 9.59 Å². The molecule has 0 aliphatic heterocycles. The van der Waals surface area contributed by atoms with Gasteiger partial charge in [0.15, 0.2) is 10.8 Å². The summed E-state index contributed by atoms with van der Waals surface area (Å²) in [5, 5.41) is 14.4. The molecule has 6 heteroatoms. The minimum absolute atomic E-state index is 0.0340. The lowest BCUT2D eigenvalue weighted by Crippen LogP contribution is -2.27. The van der Waals surface area contributed by atoms with Crippen LogP contribution in [0.3, 0.4) is 0 Å². The van der Waals surface area contributed by atoms with Gasteiger partial charge in [-0.25, -0.2) is 0 Å². The molecule has 0 saturated heterocycles. The minimum atomic E-state index is -0.515. The van der Waals surface area contributed by atoms with Gasteiger partial charge in [-0.05, 0) is 43.3 Å². The second kappa shape index (κ2) is 7.29. The molecule has 2 N–H and O–H groups in total. The van der Waals surface area contributed by atoms with Crippen LogP contribution in [0.2, 0.25) is 0 Å². The van der Waals surface area contributed by atoms with E-state index < -0.39 is 5.91 Å². The molecule has 0 aliphatic rings. The predicted molar refractivity (Wildman–Crippen MR) is 92.5 cm³/mol. The molecule has 0 aromatic heterocycles. The number of thiocarbonyl (C=S) groups is 1. The van der Waals surface area contributed by atoms with Crippen LogP contribution in [0.1, 0.15) is 22.8 Å². The first-order valence-corrected chi connectivity index (χ1v) is 7.14. The van der Waals surface area contributed by atoms with E-state index in [1.807, 2.05) is 6.07 Å². The quantitative estimate of drug-likeness (QED) is 0.670. The number of nitrogens with one attached hydrogen (secondary N) is 2. The van der Waals surface area contributed by atoms with E-state index in [1.54, 1.807) is 48.5 Å². The predicted octanol–water partition coefficient (Wildman–Crippen LogP) is 3.14. The number of ketones is 1. The molecule has 5 nitrogen and oxygen atoms in total. The highest BCUT2D eigenvalue weighted by molar-refractivity contribution is 7.82. The standard InChI is InChI=1S/C17H13N3O2S/c1-11(21)12-6-8-14(9-7-12)19-17(23)16(22)20-15-5-3-2-4-13(15)10-18/h2-9H,1H3,(H,19,23)(H,20,22). The number of amides is 1. The first kappa shape index (κ1) is 16.3. The van der Waals surface area contributed by atoms with E-state index in [-0.39, 0.29) is 10.8 Å². The Hall–Kier alpha value is -3.04. The number of nitrogens with zero attached hydrogens (tertiary/aromatic N) is 1. The molecule has 0 bridgehead atoms. The van der Waals surface area contributed by atoms with Crippen molar-refractivity contribution < 1.29 is 9.59 Å². The summed E-state index contributed by atoms with van der Waals surface area (Å²) in [5.74, 6) is -0.552. The van der Waals surface area contributed by atoms with Gasteiger partial charge in [0.05, 0.1) is 11.3 Å². The molecule has 1 amide bonds. The van der Waals surface area contributed by atoms with Crippen LogP contribution in [0.25, 0.3) is 0 Å². The summed E-state index contributed by atoms with van der Waals surface area (Å²) in [6, 6.07) is 15.3. The smallest absolute Gasteiger partial charge is 0.283 e. The van der Waals surface area contributed by atoms with Crippen molar-refractivity contribution in [1.82, 2.24) is 0 Å². The zero-order valence-electron chi connectivity index (χ0n) is 12.3. The number of anilines is 2. The third-order valence-corrected chi connectivity index (χ3v) is 3.34. The third kappa shape index (κ3) is 4.22. The van der Waals surface area contributed by atoms with E-state index in [4.69, 9.17) is 17.5 Å². The molecule has 2 rings (SSSR count). The fourth-order valence-corrected chi connectivity index (χ4v) is 2.01. The maximum Gasteiger partial charge on any atom is 0.283 e. The Morgan fingerprint density at radius 2 is 1.70 bits per heavy atom. The van der Waals surface area contributed by atoms with Gasteiger partial charge < -0.3 is 10.6 Å². The van der Waals surface area contributed by atoms with Gasteiger partial charge in [-0.15, -0.1) is 0 Å². The summed E-state index contributed by atoms with van der Waals surface area (Å²) in [6.07, 6.45) is 0. The van der Waals surface area contributed by atoms with Crippen molar-refractivity contribution in [3.05, 3.63) is 59.7 Å². The molecule has 0 saturated carbocycles. The van der Waals surface area contributed by atoms with Gasteiger partial charge in [-0.1, -0.05) is 24.4 Å². The molecule has 114 valence electrons. The monoisotopic (exact) mass is 323 g/mol. The summed E-state index contributed by atoms with van der Waals surface area (Å²) in [6.45, 7) is 1.48. The number of para-hydroxylation sites is 1. The largest absolute Gasteiger partial charge is 0.342 e. The second-order valence-electron chi connectivity index (χ2n) is 4.70. The van der Waals surface area contributed by atoms with E-state index in [2.05, 4.69) is 10.6 Å². The van der Waals surface area contributed by atoms with E-state index in [0.717, 1.165) is 0 Å². The molecule has 23 heavy (non-hydrogen) atoms. The summed E-state index contributed by atoms with van der Waals surface area (Å²) >= 11 is 5.05. The highest BCUT2D eigenvalue weighted by Crippen LogP contribution is 2.14. The van der Waals surface area contributed by atoms with Gasteiger partial charge in [0, 0.05) is 11.3 Å². The molecule has 0 heterocycles. The van der Waals surface area contributed by atoms with Gasteiger partial charge in [-0.3, -0.25) is 9.59 Å². The van der Waals surface area contributed by atoms with Crippen molar-refractivity contribution in [2.75, 3.05) is 10.6 Å². The van der Waals surface area contributed by atoms with Crippen LogP contribution in [-0.4, -0.2) is 16.7 Å². The molecule has 0 fully saturated rings. The maximum atomic E-state index is 12.1. The SMILES string of the molecule is CC(=O)c1ccc(NC(=S)C(=O)Nc2ccccc2C#N)cc1. The van der Waals surface area contributed by atoms with Crippen molar-refractivity contribution in [2.45, 2.75) is 6.92 Å². The lowest BCUT2D eigenvalue weighted by atomic mass is 10.1.